The maximum atomic E-state index is 11.8. The highest BCUT2D eigenvalue weighted by Gasteiger charge is 2.27. The second-order valence-corrected chi connectivity index (χ2v) is 5.55. The zero-order valence-electron chi connectivity index (χ0n) is 9.99. The fraction of sp³-hybridized carbons (Fsp3) is 0.500. The third-order valence-electron chi connectivity index (χ3n) is 3.16. The van der Waals surface area contributed by atoms with Gasteiger partial charge in [-0.25, -0.2) is 0 Å². The second kappa shape index (κ2) is 5.67. The van der Waals surface area contributed by atoms with Gasteiger partial charge in [0.2, 0.25) is 0 Å². The van der Waals surface area contributed by atoms with Crippen LogP contribution in [0.5, 0.6) is 5.75 Å². The number of para-hydroxylation sites is 1. The van der Waals surface area contributed by atoms with Crippen molar-refractivity contribution in [3.63, 3.8) is 0 Å². The van der Waals surface area contributed by atoms with Gasteiger partial charge >= 0.3 is 0 Å². The van der Waals surface area contributed by atoms with Crippen molar-refractivity contribution in [2.24, 2.45) is 0 Å². The van der Waals surface area contributed by atoms with Crippen molar-refractivity contribution >= 4 is 21.7 Å². The lowest BCUT2D eigenvalue weighted by atomic mass is 10.1. The summed E-state index contributed by atoms with van der Waals surface area (Å²) in [6.45, 7) is 1.88. The molecule has 1 aromatic rings. The number of Topliss-reactive ketones (excluding diaryl/α,β-unsaturated/α-hetero) is 1. The Bertz CT molecular complexity index is 403. The Kier molecular flexibility index (Phi) is 4.21. The Morgan fingerprint density at radius 1 is 1.41 bits per heavy atom. The molecule has 0 heterocycles. The van der Waals surface area contributed by atoms with E-state index in [4.69, 9.17) is 4.74 Å². The van der Waals surface area contributed by atoms with Gasteiger partial charge in [0.15, 0.2) is 5.78 Å². The van der Waals surface area contributed by atoms with E-state index in [1.165, 1.54) is 6.42 Å². The SMILES string of the molecule is CCC(=O)c1ccccc1OC1CCCC1Br. The molecule has 2 rings (SSSR count). The van der Waals surface area contributed by atoms with E-state index in [0.717, 1.165) is 18.6 Å². The number of carbonyl (C=O) groups excluding carboxylic acids is 1. The zero-order valence-corrected chi connectivity index (χ0v) is 11.6. The van der Waals surface area contributed by atoms with Crippen LogP contribution in [0.4, 0.5) is 0 Å². The Balaban J connectivity index is 2.17. The lowest BCUT2D eigenvalue weighted by Gasteiger charge is -2.18. The summed E-state index contributed by atoms with van der Waals surface area (Å²) < 4.78 is 5.97. The predicted octanol–water partition coefficient (Wildman–Crippen LogP) is 3.97. The van der Waals surface area contributed by atoms with Crippen molar-refractivity contribution in [2.75, 3.05) is 0 Å². The molecule has 2 nitrogen and oxygen atoms in total. The van der Waals surface area contributed by atoms with Crippen LogP contribution >= 0.6 is 15.9 Å². The summed E-state index contributed by atoms with van der Waals surface area (Å²) >= 11 is 3.63. The summed E-state index contributed by atoms with van der Waals surface area (Å²) in [5.74, 6) is 0.875. The fourth-order valence-corrected chi connectivity index (χ4v) is 2.86. The normalized spacial score (nSPS) is 23.6. The van der Waals surface area contributed by atoms with Crippen LogP contribution in [0.1, 0.15) is 43.0 Å². The lowest BCUT2D eigenvalue weighted by Crippen LogP contribution is -2.22. The van der Waals surface area contributed by atoms with Gasteiger partial charge in [0.1, 0.15) is 11.9 Å². The van der Waals surface area contributed by atoms with Gasteiger partial charge in [-0.1, -0.05) is 35.0 Å². The highest BCUT2D eigenvalue weighted by Crippen LogP contribution is 2.31. The largest absolute Gasteiger partial charge is 0.489 e. The second-order valence-electron chi connectivity index (χ2n) is 4.38. The molecule has 0 spiro atoms. The Morgan fingerprint density at radius 2 is 2.18 bits per heavy atom. The van der Waals surface area contributed by atoms with E-state index in [9.17, 15) is 4.79 Å². The van der Waals surface area contributed by atoms with Gasteiger partial charge in [-0.3, -0.25) is 4.79 Å². The van der Waals surface area contributed by atoms with Crippen LogP contribution in [0, 0.1) is 0 Å². The van der Waals surface area contributed by atoms with Crippen LogP contribution in [-0.2, 0) is 0 Å². The summed E-state index contributed by atoms with van der Waals surface area (Å²) in [5, 5.41) is 0. The third-order valence-corrected chi connectivity index (χ3v) is 4.21. The number of ketones is 1. The van der Waals surface area contributed by atoms with Crippen molar-refractivity contribution in [3.8, 4) is 5.75 Å². The molecule has 17 heavy (non-hydrogen) atoms. The minimum atomic E-state index is 0.143. The standard InChI is InChI=1S/C14H17BrO2/c1-2-12(16)10-6-3-4-8-13(10)17-14-9-5-7-11(14)15/h3-4,6,8,11,14H,2,5,7,9H2,1H3. The molecule has 1 aromatic carbocycles. The first kappa shape index (κ1) is 12.6. The topological polar surface area (TPSA) is 26.3 Å². The summed E-state index contributed by atoms with van der Waals surface area (Å²) in [5.41, 5.74) is 0.710. The van der Waals surface area contributed by atoms with Gasteiger partial charge in [-0.2, -0.15) is 0 Å². The van der Waals surface area contributed by atoms with Crippen molar-refractivity contribution < 1.29 is 9.53 Å². The Labute approximate surface area is 110 Å². The number of rotatable bonds is 4. The molecule has 0 saturated heterocycles. The van der Waals surface area contributed by atoms with Crippen LogP contribution in [0.2, 0.25) is 0 Å². The van der Waals surface area contributed by atoms with Crippen molar-refractivity contribution in [2.45, 2.75) is 43.5 Å². The van der Waals surface area contributed by atoms with Crippen LogP contribution < -0.4 is 4.74 Å². The number of benzene rings is 1. The summed E-state index contributed by atoms with van der Waals surface area (Å²) in [6.07, 6.45) is 4.10. The summed E-state index contributed by atoms with van der Waals surface area (Å²) in [7, 11) is 0. The molecule has 1 fully saturated rings. The minimum Gasteiger partial charge on any atom is -0.489 e. The molecule has 0 N–H and O–H groups in total. The molecule has 0 amide bonds. The average Bonchev–Trinajstić information content (AvgIpc) is 2.75. The molecule has 0 radical (unpaired) electrons. The number of hydrogen-bond acceptors (Lipinski definition) is 2. The Morgan fingerprint density at radius 3 is 2.82 bits per heavy atom. The van der Waals surface area contributed by atoms with Crippen LogP contribution in [0.25, 0.3) is 0 Å². The smallest absolute Gasteiger partial charge is 0.166 e. The van der Waals surface area contributed by atoms with Gasteiger partial charge in [0.05, 0.1) is 10.4 Å². The number of hydrogen-bond donors (Lipinski definition) is 0. The van der Waals surface area contributed by atoms with E-state index in [1.54, 1.807) is 0 Å². The lowest BCUT2D eigenvalue weighted by molar-refractivity contribution is 0.0981. The first-order valence-electron chi connectivity index (χ1n) is 6.15. The molecule has 0 aromatic heterocycles. The highest BCUT2D eigenvalue weighted by atomic mass is 79.9. The van der Waals surface area contributed by atoms with E-state index < -0.39 is 0 Å². The molecule has 3 heteroatoms. The molecule has 1 aliphatic rings. The molecule has 92 valence electrons. The number of carbonyl (C=O) groups is 1. The van der Waals surface area contributed by atoms with E-state index in [2.05, 4.69) is 15.9 Å². The van der Waals surface area contributed by atoms with E-state index in [1.807, 2.05) is 31.2 Å². The zero-order chi connectivity index (χ0) is 12.3. The van der Waals surface area contributed by atoms with Gasteiger partial charge in [0, 0.05) is 6.42 Å². The van der Waals surface area contributed by atoms with Gasteiger partial charge in [0.25, 0.3) is 0 Å². The molecule has 0 aliphatic heterocycles. The van der Waals surface area contributed by atoms with Crippen LogP contribution in [0.3, 0.4) is 0 Å². The quantitative estimate of drug-likeness (QED) is 0.621. The first-order chi connectivity index (χ1) is 8.22. The summed E-state index contributed by atoms with van der Waals surface area (Å²) in [6, 6.07) is 7.54. The van der Waals surface area contributed by atoms with Gasteiger partial charge in [-0.15, -0.1) is 0 Å². The Hall–Kier alpha value is -0.830. The molecular formula is C14H17BrO2. The van der Waals surface area contributed by atoms with E-state index in [-0.39, 0.29) is 11.9 Å². The van der Waals surface area contributed by atoms with Crippen molar-refractivity contribution in [1.29, 1.82) is 0 Å². The molecule has 2 atom stereocenters. The maximum Gasteiger partial charge on any atom is 0.166 e. The molecule has 1 saturated carbocycles. The average molecular weight is 297 g/mol. The van der Waals surface area contributed by atoms with Crippen molar-refractivity contribution in [3.05, 3.63) is 29.8 Å². The minimum absolute atomic E-state index is 0.143. The summed E-state index contributed by atoms with van der Waals surface area (Å²) in [4.78, 5) is 12.2. The van der Waals surface area contributed by atoms with Gasteiger partial charge < -0.3 is 4.74 Å². The monoisotopic (exact) mass is 296 g/mol. The first-order valence-corrected chi connectivity index (χ1v) is 7.07. The van der Waals surface area contributed by atoms with Crippen LogP contribution in [-0.4, -0.2) is 16.7 Å². The highest BCUT2D eigenvalue weighted by molar-refractivity contribution is 9.09. The third kappa shape index (κ3) is 2.89. The number of ether oxygens (including phenoxy) is 1. The molecule has 0 bridgehead atoms. The number of alkyl halides is 1. The van der Waals surface area contributed by atoms with E-state index in [0.29, 0.717) is 16.8 Å². The fourth-order valence-electron chi connectivity index (χ4n) is 2.17. The molecular weight excluding hydrogens is 280 g/mol. The molecule has 1 aliphatic carbocycles. The van der Waals surface area contributed by atoms with Crippen molar-refractivity contribution in [1.82, 2.24) is 0 Å². The van der Waals surface area contributed by atoms with E-state index >= 15 is 0 Å². The van der Waals surface area contributed by atoms with Gasteiger partial charge in [-0.05, 0) is 31.4 Å². The number of halogens is 1. The van der Waals surface area contributed by atoms with Crippen LogP contribution in [0.15, 0.2) is 24.3 Å². The maximum absolute atomic E-state index is 11.8. The predicted molar refractivity (Wildman–Crippen MR) is 72.0 cm³/mol. The molecule has 2 unspecified atom stereocenters.